The van der Waals surface area contributed by atoms with Gasteiger partial charge >= 0.3 is 5.97 Å². The van der Waals surface area contributed by atoms with Crippen LogP contribution in [0, 0.1) is 0 Å². The lowest BCUT2D eigenvalue weighted by Gasteiger charge is -2.43. The van der Waals surface area contributed by atoms with Gasteiger partial charge in [0.15, 0.2) is 6.04 Å². The van der Waals surface area contributed by atoms with Gasteiger partial charge in [0.1, 0.15) is 11.4 Å². The van der Waals surface area contributed by atoms with Crippen LogP contribution in [-0.2, 0) is 16.0 Å². The fraction of sp³-hybridized carbons (Fsp3) is 0.267. The fourth-order valence-corrected chi connectivity index (χ4v) is 3.88. The molecule has 21 heavy (non-hydrogen) atoms. The van der Waals surface area contributed by atoms with Gasteiger partial charge in [0.25, 0.3) is 5.91 Å². The maximum atomic E-state index is 12.0. The molecule has 2 aliphatic rings. The molecule has 3 unspecified atom stereocenters. The molecule has 0 bridgehead atoms. The van der Waals surface area contributed by atoms with Gasteiger partial charge in [0, 0.05) is 6.42 Å². The summed E-state index contributed by atoms with van der Waals surface area (Å²) < 4.78 is 0. The summed E-state index contributed by atoms with van der Waals surface area (Å²) in [5.41, 5.74) is 1.13. The number of benzene rings is 1. The molecule has 0 radical (unpaired) electrons. The van der Waals surface area contributed by atoms with Crippen molar-refractivity contribution in [3.05, 3.63) is 48.6 Å². The van der Waals surface area contributed by atoms with Gasteiger partial charge in [-0.05, 0) is 5.56 Å². The molecule has 1 amide bonds. The monoisotopic (exact) mass is 302 g/mol. The molecule has 5 nitrogen and oxygen atoms in total. The highest BCUT2D eigenvalue weighted by atomic mass is 32.2. The normalized spacial score (nSPS) is 24.9. The zero-order chi connectivity index (χ0) is 15.0. The molecule has 1 aromatic rings. The number of amides is 1. The maximum Gasteiger partial charge on any atom is 0.330 e. The summed E-state index contributed by atoms with van der Waals surface area (Å²) in [6.45, 7) is 3.50. The number of carboxylic acids is 1. The van der Waals surface area contributed by atoms with E-state index in [-0.39, 0.29) is 11.3 Å². The number of thioether (sulfide) groups is 1. The van der Waals surface area contributed by atoms with Crippen LogP contribution in [0.15, 0.2) is 48.0 Å². The second-order valence-corrected chi connectivity index (χ2v) is 6.09. The van der Waals surface area contributed by atoms with Crippen LogP contribution in [-0.4, -0.2) is 44.4 Å². The Balaban J connectivity index is 1.72. The van der Waals surface area contributed by atoms with Crippen molar-refractivity contribution in [1.29, 1.82) is 0 Å². The molecular weight excluding hydrogens is 288 g/mol. The highest BCUT2D eigenvalue weighted by molar-refractivity contribution is 8.14. The lowest BCUT2D eigenvalue weighted by Crippen LogP contribution is -2.65. The van der Waals surface area contributed by atoms with E-state index in [0.717, 1.165) is 10.6 Å². The van der Waals surface area contributed by atoms with E-state index < -0.39 is 18.1 Å². The van der Waals surface area contributed by atoms with Crippen LogP contribution in [0.3, 0.4) is 0 Å². The maximum absolute atomic E-state index is 12.0. The number of hydrogen-bond donors (Lipinski definition) is 1. The van der Waals surface area contributed by atoms with Crippen molar-refractivity contribution in [2.24, 2.45) is 4.99 Å². The summed E-state index contributed by atoms with van der Waals surface area (Å²) in [6, 6.07) is 8.47. The topological polar surface area (TPSA) is 70.0 Å². The molecule has 6 heteroatoms. The van der Waals surface area contributed by atoms with Crippen molar-refractivity contribution in [3.63, 3.8) is 0 Å². The molecule has 1 fully saturated rings. The third kappa shape index (κ3) is 2.35. The Morgan fingerprint density at radius 1 is 1.48 bits per heavy atom. The molecule has 0 aromatic heterocycles. The van der Waals surface area contributed by atoms with E-state index >= 15 is 0 Å². The fourth-order valence-electron chi connectivity index (χ4n) is 2.52. The third-order valence-electron chi connectivity index (χ3n) is 3.57. The number of nitrogens with zero attached hydrogens (tertiary/aromatic N) is 2. The van der Waals surface area contributed by atoms with Gasteiger partial charge in [-0.2, -0.15) is 0 Å². The van der Waals surface area contributed by atoms with E-state index in [4.69, 9.17) is 5.11 Å². The van der Waals surface area contributed by atoms with Crippen molar-refractivity contribution in [2.45, 2.75) is 23.9 Å². The predicted molar refractivity (Wildman–Crippen MR) is 81.2 cm³/mol. The van der Waals surface area contributed by atoms with Crippen molar-refractivity contribution in [3.8, 4) is 0 Å². The summed E-state index contributed by atoms with van der Waals surface area (Å²) >= 11 is 1.47. The average molecular weight is 302 g/mol. The summed E-state index contributed by atoms with van der Waals surface area (Å²) in [7, 11) is 0. The molecule has 0 spiro atoms. The number of hydrogen-bond acceptors (Lipinski definition) is 4. The number of fused-ring (bicyclic) bond motifs is 1. The zero-order valence-electron chi connectivity index (χ0n) is 11.2. The van der Waals surface area contributed by atoms with Gasteiger partial charge in [0.2, 0.25) is 0 Å². The van der Waals surface area contributed by atoms with Crippen LogP contribution in [0.25, 0.3) is 0 Å². The van der Waals surface area contributed by atoms with Gasteiger partial charge in [-0.25, -0.2) is 4.79 Å². The smallest absolute Gasteiger partial charge is 0.330 e. The van der Waals surface area contributed by atoms with Crippen LogP contribution in [0.2, 0.25) is 0 Å². The molecule has 3 atom stereocenters. The van der Waals surface area contributed by atoms with Gasteiger partial charge in [-0.3, -0.25) is 9.79 Å². The Hall–Kier alpha value is -2.08. The Morgan fingerprint density at radius 3 is 2.81 bits per heavy atom. The molecule has 1 saturated heterocycles. The Morgan fingerprint density at radius 2 is 2.19 bits per heavy atom. The molecule has 0 aliphatic carbocycles. The number of aliphatic imine (C=N–C) groups is 1. The highest BCUT2D eigenvalue weighted by Gasteiger charge is 2.55. The molecule has 2 heterocycles. The quantitative estimate of drug-likeness (QED) is 0.662. The predicted octanol–water partition coefficient (Wildman–Crippen LogP) is 1.55. The second kappa shape index (κ2) is 5.37. The second-order valence-electron chi connectivity index (χ2n) is 4.90. The van der Waals surface area contributed by atoms with Crippen molar-refractivity contribution < 1.29 is 14.7 Å². The SMILES string of the molecule is C=CC(C(=O)O)N1C(=O)C2N=C(Cc3ccccc3)SC21. The summed E-state index contributed by atoms with van der Waals surface area (Å²) in [5.74, 6) is -1.29. The number of rotatable bonds is 5. The first-order valence-corrected chi connectivity index (χ1v) is 7.44. The third-order valence-corrected chi connectivity index (χ3v) is 4.81. The number of carbonyl (C=O) groups excluding carboxylic acids is 1. The number of β-lactam (4-membered cyclic amide) rings is 1. The van der Waals surface area contributed by atoms with Crippen molar-refractivity contribution >= 4 is 28.7 Å². The standard InChI is InChI=1S/C15H14N2O3S/c1-2-10(15(19)20)17-13(18)12-14(17)21-11(16-12)8-9-6-4-3-5-7-9/h2-7,10,12,14H,1,8H2,(H,19,20). The number of carbonyl (C=O) groups is 2. The number of aliphatic carboxylic acids is 1. The highest BCUT2D eigenvalue weighted by Crippen LogP contribution is 2.41. The van der Waals surface area contributed by atoms with E-state index in [1.807, 2.05) is 30.3 Å². The summed E-state index contributed by atoms with van der Waals surface area (Å²) in [5, 5.41) is 9.80. The lowest BCUT2D eigenvalue weighted by molar-refractivity contribution is -0.156. The van der Waals surface area contributed by atoms with E-state index in [1.54, 1.807) is 0 Å². The van der Waals surface area contributed by atoms with E-state index in [1.165, 1.54) is 22.7 Å². The molecular formula is C15H14N2O3S. The van der Waals surface area contributed by atoms with Crippen molar-refractivity contribution in [1.82, 2.24) is 4.90 Å². The van der Waals surface area contributed by atoms with E-state index in [0.29, 0.717) is 6.42 Å². The van der Waals surface area contributed by atoms with Gasteiger partial charge in [-0.1, -0.05) is 48.2 Å². The minimum Gasteiger partial charge on any atom is -0.479 e. The largest absolute Gasteiger partial charge is 0.479 e. The van der Waals surface area contributed by atoms with Gasteiger partial charge in [-0.15, -0.1) is 6.58 Å². The van der Waals surface area contributed by atoms with Crippen LogP contribution >= 0.6 is 11.8 Å². The first-order chi connectivity index (χ1) is 10.1. The molecule has 3 rings (SSSR count). The van der Waals surface area contributed by atoms with Gasteiger partial charge < -0.3 is 10.0 Å². The number of carboxylic acid groups (broad SMARTS) is 1. The minimum atomic E-state index is -1.06. The van der Waals surface area contributed by atoms with Gasteiger partial charge in [0.05, 0.1) is 5.04 Å². The Bertz CT molecular complexity index is 629. The first kappa shape index (κ1) is 13.9. The Kier molecular flexibility index (Phi) is 3.55. The van der Waals surface area contributed by atoms with Crippen molar-refractivity contribution in [2.75, 3.05) is 0 Å². The molecule has 1 N–H and O–H groups in total. The zero-order valence-corrected chi connectivity index (χ0v) is 12.0. The molecule has 108 valence electrons. The lowest BCUT2D eigenvalue weighted by atomic mass is 10.0. The minimum absolute atomic E-state index is 0.213. The van der Waals surface area contributed by atoms with Crippen LogP contribution in [0.1, 0.15) is 5.56 Å². The molecule has 1 aromatic carbocycles. The van der Waals surface area contributed by atoms with Crippen LogP contribution < -0.4 is 0 Å². The Labute approximate surface area is 126 Å². The summed E-state index contributed by atoms with van der Waals surface area (Å²) in [6.07, 6.45) is 1.96. The van der Waals surface area contributed by atoms with E-state index in [2.05, 4.69) is 11.6 Å². The molecule has 2 aliphatic heterocycles. The van der Waals surface area contributed by atoms with E-state index in [9.17, 15) is 9.59 Å². The van der Waals surface area contributed by atoms with Crippen LogP contribution in [0.5, 0.6) is 0 Å². The van der Waals surface area contributed by atoms with Crippen LogP contribution in [0.4, 0.5) is 0 Å². The molecule has 0 saturated carbocycles. The summed E-state index contributed by atoms with van der Waals surface area (Å²) in [4.78, 5) is 29.0. The average Bonchev–Trinajstić information content (AvgIpc) is 2.84. The number of likely N-dealkylation sites (tertiary alicyclic amines) is 1. The first-order valence-electron chi connectivity index (χ1n) is 6.56.